The van der Waals surface area contributed by atoms with E-state index in [1.54, 1.807) is 6.92 Å². The number of aromatic nitrogens is 7. The van der Waals surface area contributed by atoms with Crippen LogP contribution in [0, 0.1) is 6.92 Å². The van der Waals surface area contributed by atoms with Gasteiger partial charge in [-0.3, -0.25) is 4.90 Å². The van der Waals surface area contributed by atoms with Crippen LogP contribution in [0.1, 0.15) is 18.2 Å². The third kappa shape index (κ3) is 3.26. The van der Waals surface area contributed by atoms with Crippen molar-refractivity contribution in [3.8, 4) is 5.82 Å². The molecule has 0 aromatic carbocycles. The highest BCUT2D eigenvalue weighted by molar-refractivity contribution is 6.32. The van der Waals surface area contributed by atoms with Crippen LogP contribution in [0.4, 0.5) is 29.3 Å². The Bertz CT molecular complexity index is 1390. The molecule has 14 heteroatoms. The molecule has 0 bridgehead atoms. The van der Waals surface area contributed by atoms with Gasteiger partial charge in [-0.2, -0.15) is 28.5 Å². The van der Waals surface area contributed by atoms with E-state index in [2.05, 4.69) is 30.6 Å². The van der Waals surface area contributed by atoms with E-state index < -0.39 is 24.2 Å². The molecule has 0 spiro atoms. The van der Waals surface area contributed by atoms with Crippen molar-refractivity contribution in [3.05, 3.63) is 53.3 Å². The smallest absolute Gasteiger partial charge is 0.306 e. The van der Waals surface area contributed by atoms with Crippen molar-refractivity contribution < 1.29 is 18.0 Å². The van der Waals surface area contributed by atoms with E-state index in [-0.39, 0.29) is 33.4 Å². The van der Waals surface area contributed by atoms with Crippen molar-refractivity contribution in [2.45, 2.75) is 25.4 Å². The lowest BCUT2D eigenvalue weighted by Crippen LogP contribution is -2.46. The minimum atomic E-state index is -4.64. The molecule has 0 saturated heterocycles. The van der Waals surface area contributed by atoms with Gasteiger partial charge in [-0.05, 0) is 19.9 Å². The molecule has 10 nitrogen and oxygen atoms in total. The lowest BCUT2D eigenvalue weighted by atomic mass is 9.84. The molecule has 1 atom stereocenters. The summed E-state index contributed by atoms with van der Waals surface area (Å²) in [7, 11) is 0. The second kappa shape index (κ2) is 7.13. The average molecular weight is 478 g/mol. The SMILES string of the molecule is Cc1cn2ncc3c(c2n1)C(C)(C(F)(F)F)CN3C(=O)Nc1cnc(-n2nccn2)c(Cl)c1. The van der Waals surface area contributed by atoms with Crippen molar-refractivity contribution in [3.63, 3.8) is 0 Å². The fourth-order valence-electron chi connectivity index (χ4n) is 3.83. The number of pyridine rings is 1. The van der Waals surface area contributed by atoms with Crippen LogP contribution in [0.2, 0.25) is 5.02 Å². The van der Waals surface area contributed by atoms with Gasteiger partial charge in [0, 0.05) is 12.1 Å². The topological polar surface area (TPSA) is 106 Å². The highest BCUT2D eigenvalue weighted by Crippen LogP contribution is 2.51. The van der Waals surface area contributed by atoms with E-state index in [1.807, 2.05) is 0 Å². The maximum absolute atomic E-state index is 14.2. The van der Waals surface area contributed by atoms with Gasteiger partial charge in [0.15, 0.2) is 11.5 Å². The van der Waals surface area contributed by atoms with Crippen LogP contribution < -0.4 is 10.2 Å². The number of amides is 2. The van der Waals surface area contributed by atoms with Crippen LogP contribution in [0.3, 0.4) is 0 Å². The zero-order valence-electron chi connectivity index (χ0n) is 17.2. The third-order valence-corrected chi connectivity index (χ3v) is 5.74. The molecule has 4 aromatic rings. The molecular formula is C19H15ClF3N9O. The molecule has 4 aromatic heterocycles. The van der Waals surface area contributed by atoms with Gasteiger partial charge in [0.1, 0.15) is 5.41 Å². The van der Waals surface area contributed by atoms with Crippen molar-refractivity contribution in [2.75, 3.05) is 16.8 Å². The largest absolute Gasteiger partial charge is 0.400 e. The van der Waals surface area contributed by atoms with E-state index in [4.69, 9.17) is 11.6 Å². The minimum Gasteiger partial charge on any atom is -0.306 e. The number of nitrogens with zero attached hydrogens (tertiary/aromatic N) is 8. The predicted molar refractivity (Wildman–Crippen MR) is 112 cm³/mol. The molecule has 0 radical (unpaired) electrons. The number of carbonyl (C=O) groups excluding carboxylic acids is 1. The monoisotopic (exact) mass is 477 g/mol. The Hall–Kier alpha value is -3.74. The summed E-state index contributed by atoms with van der Waals surface area (Å²) in [6, 6.07) is 0.617. The minimum absolute atomic E-state index is 0.0295. The van der Waals surface area contributed by atoms with E-state index in [9.17, 15) is 18.0 Å². The number of aryl methyl sites for hydroxylation is 1. The summed E-state index contributed by atoms with van der Waals surface area (Å²) in [5.41, 5.74) is -1.66. The first-order valence-corrected chi connectivity index (χ1v) is 9.99. The first-order chi connectivity index (χ1) is 15.6. The molecule has 170 valence electrons. The van der Waals surface area contributed by atoms with Crippen molar-refractivity contribution in [1.82, 2.24) is 34.6 Å². The number of imidazole rings is 1. The molecule has 0 saturated carbocycles. The Morgan fingerprint density at radius 2 is 1.94 bits per heavy atom. The molecule has 0 fully saturated rings. The lowest BCUT2D eigenvalue weighted by Gasteiger charge is -2.28. The van der Waals surface area contributed by atoms with Crippen LogP contribution in [-0.2, 0) is 5.41 Å². The Labute approximate surface area is 189 Å². The highest BCUT2D eigenvalue weighted by atomic mass is 35.5. The second-order valence-corrected chi connectivity index (χ2v) is 8.16. The number of nitrogens with one attached hydrogen (secondary N) is 1. The molecule has 5 rings (SSSR count). The van der Waals surface area contributed by atoms with Gasteiger partial charge in [-0.1, -0.05) is 11.6 Å². The number of fused-ring (bicyclic) bond motifs is 3. The number of halogens is 4. The van der Waals surface area contributed by atoms with Crippen molar-refractivity contribution in [1.29, 1.82) is 0 Å². The summed E-state index contributed by atoms with van der Waals surface area (Å²) < 4.78 is 43.9. The maximum Gasteiger partial charge on any atom is 0.400 e. The Kier molecular flexibility index (Phi) is 4.57. The van der Waals surface area contributed by atoms with Crippen molar-refractivity contribution in [2.24, 2.45) is 0 Å². The highest BCUT2D eigenvalue weighted by Gasteiger charge is 2.60. The predicted octanol–water partition coefficient (Wildman–Crippen LogP) is 3.54. The van der Waals surface area contributed by atoms with Crippen LogP contribution >= 0.6 is 11.6 Å². The third-order valence-electron chi connectivity index (χ3n) is 5.46. The maximum atomic E-state index is 14.2. The van der Waals surface area contributed by atoms with E-state index >= 15 is 0 Å². The lowest BCUT2D eigenvalue weighted by molar-refractivity contribution is -0.180. The number of anilines is 2. The number of alkyl halides is 3. The van der Waals surface area contributed by atoms with E-state index in [1.165, 1.54) is 46.4 Å². The zero-order chi connectivity index (χ0) is 23.5. The second-order valence-electron chi connectivity index (χ2n) is 7.75. The fraction of sp³-hybridized carbons (Fsp3) is 0.263. The van der Waals surface area contributed by atoms with Gasteiger partial charge in [0.25, 0.3) is 0 Å². The molecule has 2 amide bonds. The number of hydrogen-bond acceptors (Lipinski definition) is 6. The van der Waals surface area contributed by atoms with Gasteiger partial charge in [0.2, 0.25) is 0 Å². The summed E-state index contributed by atoms with van der Waals surface area (Å²) in [6.45, 7) is 2.07. The van der Waals surface area contributed by atoms with Crippen LogP contribution in [-0.4, -0.2) is 53.3 Å². The van der Waals surface area contributed by atoms with E-state index in [0.29, 0.717) is 5.69 Å². The molecule has 1 aliphatic rings. The van der Waals surface area contributed by atoms with Crippen molar-refractivity contribution >= 4 is 34.7 Å². The summed E-state index contributed by atoms with van der Waals surface area (Å²) in [4.78, 5) is 23.6. The summed E-state index contributed by atoms with van der Waals surface area (Å²) in [5.74, 6) is 0.233. The van der Waals surface area contributed by atoms with E-state index in [0.717, 1.165) is 11.8 Å². The average Bonchev–Trinajstić information content (AvgIpc) is 3.45. The standard InChI is InChI=1S/C19H15ClF3N9O/c1-10-8-31-16(28-10)14-13(7-27-31)30(9-18(14,2)19(21,22)23)17(33)29-11-5-12(20)15(24-6-11)32-25-3-4-26-32/h3-8H,9H2,1-2H3,(H,29,33). The van der Waals surface area contributed by atoms with Gasteiger partial charge < -0.3 is 5.32 Å². The van der Waals surface area contributed by atoms with Gasteiger partial charge >= 0.3 is 12.2 Å². The fourth-order valence-corrected chi connectivity index (χ4v) is 4.07. The van der Waals surface area contributed by atoms with Crippen LogP contribution in [0.5, 0.6) is 0 Å². The molecule has 1 unspecified atom stereocenters. The normalized spacial score (nSPS) is 18.1. The number of hydrogen-bond donors (Lipinski definition) is 1. The molecule has 33 heavy (non-hydrogen) atoms. The Morgan fingerprint density at radius 3 is 2.61 bits per heavy atom. The molecular weight excluding hydrogens is 463 g/mol. The summed E-state index contributed by atoms with van der Waals surface area (Å²) in [6.07, 6.45) is 2.32. The number of rotatable bonds is 2. The molecule has 1 N–H and O–H groups in total. The zero-order valence-corrected chi connectivity index (χ0v) is 17.9. The van der Waals surface area contributed by atoms with Gasteiger partial charge in [-0.25, -0.2) is 19.3 Å². The number of carbonyl (C=O) groups is 1. The Morgan fingerprint density at radius 1 is 1.21 bits per heavy atom. The molecule has 1 aliphatic heterocycles. The molecule has 5 heterocycles. The first-order valence-electron chi connectivity index (χ1n) is 9.61. The van der Waals surface area contributed by atoms with Crippen LogP contribution in [0.25, 0.3) is 11.5 Å². The molecule has 0 aliphatic carbocycles. The van der Waals surface area contributed by atoms with Crippen LogP contribution in [0.15, 0.2) is 37.1 Å². The summed E-state index contributed by atoms with van der Waals surface area (Å²) in [5, 5.41) is 14.7. The van der Waals surface area contributed by atoms with Gasteiger partial charge in [-0.15, -0.1) is 4.80 Å². The number of urea groups is 1. The first kappa shape index (κ1) is 21.1. The Balaban J connectivity index is 1.51. The van der Waals surface area contributed by atoms with Gasteiger partial charge in [0.05, 0.1) is 53.1 Å². The summed E-state index contributed by atoms with van der Waals surface area (Å²) >= 11 is 6.22. The quantitative estimate of drug-likeness (QED) is 0.473.